The molecule has 5 rings (SSSR count). The molecule has 3 N–H and O–H groups in total. The maximum Gasteiger partial charge on any atom is 0.433 e. The first kappa shape index (κ1) is 25.3. The molecule has 12 heteroatoms. The largest absolute Gasteiger partial charge is 0.433 e. The molecule has 9 nitrogen and oxygen atoms in total. The number of rotatable bonds is 6. The van der Waals surface area contributed by atoms with Crippen LogP contribution in [-0.4, -0.2) is 36.8 Å². The summed E-state index contributed by atoms with van der Waals surface area (Å²) in [5, 5.41) is 14.3. The van der Waals surface area contributed by atoms with E-state index in [1.54, 1.807) is 60.7 Å². The van der Waals surface area contributed by atoms with Crippen molar-refractivity contribution in [2.45, 2.75) is 6.18 Å². The van der Waals surface area contributed by atoms with Crippen molar-refractivity contribution in [3.63, 3.8) is 0 Å². The van der Waals surface area contributed by atoms with Crippen molar-refractivity contribution in [1.82, 2.24) is 25.0 Å². The Kier molecular flexibility index (Phi) is 6.59. The number of aromatic nitrogens is 5. The van der Waals surface area contributed by atoms with Crippen LogP contribution in [0.4, 0.5) is 19.0 Å². The summed E-state index contributed by atoms with van der Waals surface area (Å²) in [7, 11) is 0. The van der Waals surface area contributed by atoms with Gasteiger partial charge in [0.1, 0.15) is 0 Å². The van der Waals surface area contributed by atoms with Crippen LogP contribution in [0.3, 0.4) is 0 Å². The Labute approximate surface area is 219 Å². The van der Waals surface area contributed by atoms with Crippen LogP contribution in [0.1, 0.15) is 26.4 Å². The molecule has 0 saturated heterocycles. The fourth-order valence-electron chi connectivity index (χ4n) is 3.77. The monoisotopic (exact) mass is 529 g/mol. The molecule has 0 atom stereocenters. The van der Waals surface area contributed by atoms with E-state index in [4.69, 9.17) is 5.73 Å². The van der Waals surface area contributed by atoms with Gasteiger partial charge in [-0.2, -0.15) is 18.3 Å². The Morgan fingerprint density at radius 1 is 0.821 bits per heavy atom. The minimum atomic E-state index is -4.70. The van der Waals surface area contributed by atoms with Gasteiger partial charge >= 0.3 is 6.18 Å². The summed E-state index contributed by atoms with van der Waals surface area (Å²) in [5.74, 6) is -1.19. The molecule has 0 fully saturated rings. The molecule has 0 bridgehead atoms. The van der Waals surface area contributed by atoms with Gasteiger partial charge in [-0.05, 0) is 65.7 Å². The highest BCUT2D eigenvalue weighted by Gasteiger charge is 2.37. The second-order valence-electron chi connectivity index (χ2n) is 8.32. The van der Waals surface area contributed by atoms with Gasteiger partial charge in [0.2, 0.25) is 5.91 Å². The fraction of sp³-hybridized carbons (Fsp3) is 0.0370. The number of hydrogen-bond acceptors (Lipinski definition) is 6. The number of halogens is 3. The van der Waals surface area contributed by atoms with Crippen LogP contribution in [0.15, 0.2) is 91.3 Å². The van der Waals surface area contributed by atoms with Crippen LogP contribution < -0.4 is 11.1 Å². The standard InChI is InChI=1S/C27H18F3N7O2/c28-27(29,30)22-14-21(20-5-2-12-32-15-20)36-37(22)24-11-10-23(34-35-24)33-26(39)19-4-1-3-18(13-19)16-6-8-17(9-7-16)25(31)38/h1-15H,(H2,31,38)(H,33,34,39). The number of pyridine rings is 1. The number of carbonyl (C=O) groups excluding carboxylic acids is 2. The Morgan fingerprint density at radius 3 is 2.23 bits per heavy atom. The summed E-state index contributed by atoms with van der Waals surface area (Å²) in [6.07, 6.45) is -1.79. The maximum atomic E-state index is 13.7. The summed E-state index contributed by atoms with van der Waals surface area (Å²) in [6.45, 7) is 0. The van der Waals surface area contributed by atoms with E-state index in [0.29, 0.717) is 21.4 Å². The van der Waals surface area contributed by atoms with Crippen molar-refractivity contribution in [2.24, 2.45) is 5.73 Å². The molecule has 5 aromatic rings. The number of nitrogens with one attached hydrogen (secondary N) is 1. The van der Waals surface area contributed by atoms with Crippen molar-refractivity contribution in [1.29, 1.82) is 0 Å². The molecule has 0 aliphatic heterocycles. The number of benzene rings is 2. The van der Waals surface area contributed by atoms with Crippen LogP contribution in [-0.2, 0) is 6.18 Å². The van der Waals surface area contributed by atoms with Crippen molar-refractivity contribution < 1.29 is 22.8 Å². The Morgan fingerprint density at radius 2 is 1.59 bits per heavy atom. The van der Waals surface area contributed by atoms with E-state index in [2.05, 4.69) is 25.6 Å². The normalized spacial score (nSPS) is 11.3. The lowest BCUT2D eigenvalue weighted by Gasteiger charge is -2.10. The number of nitrogens with two attached hydrogens (primary N) is 1. The average Bonchev–Trinajstić information content (AvgIpc) is 3.41. The van der Waals surface area contributed by atoms with Gasteiger partial charge in [0.25, 0.3) is 5.91 Å². The predicted molar refractivity (Wildman–Crippen MR) is 136 cm³/mol. The van der Waals surface area contributed by atoms with Crippen LogP contribution in [0.2, 0.25) is 0 Å². The minimum Gasteiger partial charge on any atom is -0.366 e. The quantitative estimate of drug-likeness (QED) is 0.326. The van der Waals surface area contributed by atoms with Crippen LogP contribution in [0, 0.1) is 0 Å². The van der Waals surface area contributed by atoms with Crippen LogP contribution in [0.25, 0.3) is 28.2 Å². The van der Waals surface area contributed by atoms with Gasteiger partial charge in [0.05, 0.1) is 5.69 Å². The van der Waals surface area contributed by atoms with Gasteiger partial charge in [0.15, 0.2) is 17.3 Å². The summed E-state index contributed by atoms with van der Waals surface area (Å²) in [4.78, 5) is 28.0. The summed E-state index contributed by atoms with van der Waals surface area (Å²) >= 11 is 0. The smallest absolute Gasteiger partial charge is 0.366 e. The third kappa shape index (κ3) is 5.49. The molecular weight excluding hydrogens is 511 g/mol. The Balaban J connectivity index is 1.36. The lowest BCUT2D eigenvalue weighted by Crippen LogP contribution is -2.16. The van der Waals surface area contributed by atoms with Crippen molar-refractivity contribution in [3.8, 4) is 28.2 Å². The lowest BCUT2D eigenvalue weighted by atomic mass is 10.0. The highest BCUT2D eigenvalue weighted by atomic mass is 19.4. The fourth-order valence-corrected chi connectivity index (χ4v) is 3.77. The van der Waals surface area contributed by atoms with E-state index < -0.39 is 23.7 Å². The molecule has 39 heavy (non-hydrogen) atoms. The van der Waals surface area contributed by atoms with Gasteiger partial charge < -0.3 is 11.1 Å². The zero-order valence-corrected chi connectivity index (χ0v) is 19.9. The summed E-state index contributed by atoms with van der Waals surface area (Å²) < 4.78 is 41.8. The molecule has 0 radical (unpaired) electrons. The topological polar surface area (TPSA) is 129 Å². The third-order valence-corrected chi connectivity index (χ3v) is 5.69. The maximum absolute atomic E-state index is 13.7. The van der Waals surface area contributed by atoms with E-state index >= 15 is 0 Å². The SMILES string of the molecule is NC(=O)c1ccc(-c2cccc(C(=O)Nc3ccc(-n4nc(-c5cccnc5)cc4C(F)(F)F)nn3)c2)cc1. The molecule has 3 heterocycles. The van der Waals surface area contributed by atoms with Gasteiger partial charge in [0, 0.05) is 29.1 Å². The second-order valence-corrected chi connectivity index (χ2v) is 8.32. The first-order valence-corrected chi connectivity index (χ1v) is 11.4. The van der Waals surface area contributed by atoms with Gasteiger partial charge in [-0.1, -0.05) is 24.3 Å². The van der Waals surface area contributed by atoms with Crippen molar-refractivity contribution in [3.05, 3.63) is 108 Å². The van der Waals surface area contributed by atoms with Crippen LogP contribution in [0.5, 0.6) is 0 Å². The van der Waals surface area contributed by atoms with E-state index in [-0.39, 0.29) is 17.3 Å². The minimum absolute atomic E-state index is 0.0353. The van der Waals surface area contributed by atoms with E-state index in [9.17, 15) is 22.8 Å². The molecule has 0 saturated carbocycles. The Bertz CT molecular complexity index is 1650. The second kappa shape index (κ2) is 10.2. The zero-order valence-electron chi connectivity index (χ0n) is 19.9. The zero-order chi connectivity index (χ0) is 27.6. The van der Waals surface area contributed by atoms with E-state index in [1.165, 1.54) is 24.5 Å². The molecule has 0 spiro atoms. The predicted octanol–water partition coefficient (Wildman–Crippen LogP) is 4.76. The first-order chi connectivity index (χ1) is 18.7. The molecule has 0 unspecified atom stereocenters. The molecule has 3 aromatic heterocycles. The highest BCUT2D eigenvalue weighted by Crippen LogP contribution is 2.33. The van der Waals surface area contributed by atoms with Gasteiger partial charge in [-0.3, -0.25) is 14.6 Å². The molecule has 0 aliphatic carbocycles. The molecule has 2 aromatic carbocycles. The Hall–Kier alpha value is -5.39. The molecular formula is C27H18F3N7O2. The number of alkyl halides is 3. The van der Waals surface area contributed by atoms with Gasteiger partial charge in [-0.25, -0.2) is 4.68 Å². The number of nitrogens with zero attached hydrogens (tertiary/aromatic N) is 5. The molecule has 0 aliphatic rings. The van der Waals surface area contributed by atoms with Crippen molar-refractivity contribution >= 4 is 17.6 Å². The number of anilines is 1. The van der Waals surface area contributed by atoms with Crippen LogP contribution >= 0.6 is 0 Å². The average molecular weight is 529 g/mol. The van der Waals surface area contributed by atoms with Gasteiger partial charge in [-0.15, -0.1) is 10.2 Å². The number of amides is 2. The first-order valence-electron chi connectivity index (χ1n) is 11.4. The van der Waals surface area contributed by atoms with Crippen molar-refractivity contribution in [2.75, 3.05) is 5.32 Å². The third-order valence-electron chi connectivity index (χ3n) is 5.69. The summed E-state index contributed by atoms with van der Waals surface area (Å²) in [6, 6.07) is 20.0. The number of carbonyl (C=O) groups is 2. The molecule has 2 amide bonds. The number of hydrogen-bond donors (Lipinski definition) is 2. The van der Waals surface area contributed by atoms with E-state index in [1.807, 2.05) is 0 Å². The molecule has 194 valence electrons. The lowest BCUT2D eigenvalue weighted by molar-refractivity contribution is -0.142. The number of primary amides is 1. The highest BCUT2D eigenvalue weighted by molar-refractivity contribution is 6.04. The van der Waals surface area contributed by atoms with E-state index in [0.717, 1.165) is 17.2 Å². The summed E-state index contributed by atoms with van der Waals surface area (Å²) in [5.41, 5.74) is 6.88.